The van der Waals surface area contributed by atoms with Crippen molar-refractivity contribution in [3.63, 3.8) is 0 Å². The summed E-state index contributed by atoms with van der Waals surface area (Å²) >= 11 is 3.16. The van der Waals surface area contributed by atoms with E-state index in [-0.39, 0.29) is 48.4 Å². The van der Waals surface area contributed by atoms with Crippen LogP contribution in [-0.4, -0.2) is 72.6 Å². The molecule has 2 saturated heterocycles. The number of aromatic nitrogens is 4. The molecule has 2 aliphatic heterocycles. The van der Waals surface area contributed by atoms with Crippen LogP contribution in [0.3, 0.4) is 0 Å². The second-order valence-corrected chi connectivity index (χ2v) is 18.2. The summed E-state index contributed by atoms with van der Waals surface area (Å²) in [4.78, 5) is 54.9. The van der Waals surface area contributed by atoms with Crippen LogP contribution in [0.2, 0.25) is 0 Å². The fourth-order valence-corrected chi connectivity index (χ4v) is 9.16. The van der Waals surface area contributed by atoms with Crippen LogP contribution in [0.1, 0.15) is 79.4 Å². The average Bonchev–Trinajstić information content (AvgIpc) is 4.00. The van der Waals surface area contributed by atoms with Gasteiger partial charge in [0.2, 0.25) is 11.5 Å². The number of likely N-dealkylation sites (tertiary alicyclic amines) is 1. The van der Waals surface area contributed by atoms with Crippen LogP contribution >= 0.6 is 22.7 Å². The molecular weight excluding hydrogens is 845 g/mol. The number of piperidine rings is 2. The van der Waals surface area contributed by atoms with E-state index in [1.54, 1.807) is 34.6 Å². The van der Waals surface area contributed by atoms with Crippen molar-refractivity contribution in [1.82, 2.24) is 30.2 Å². The van der Waals surface area contributed by atoms with Gasteiger partial charge in [0.15, 0.2) is 0 Å². The molecule has 2 aliphatic rings. The number of nitrogens with one attached hydrogen (secondary N) is 1. The smallest absolute Gasteiger partial charge is 0.410 e. The van der Waals surface area contributed by atoms with Crippen LogP contribution in [0.4, 0.5) is 16.4 Å². The van der Waals surface area contributed by atoms with Crippen LogP contribution in [0.25, 0.3) is 20.9 Å². The number of ether oxygens (including phenoxy) is 3. The monoisotopic (exact) mass is 892 g/mol. The quantitative estimate of drug-likeness (QED) is 0.0900. The van der Waals surface area contributed by atoms with Crippen molar-refractivity contribution in [2.75, 3.05) is 26.2 Å². The van der Waals surface area contributed by atoms with Gasteiger partial charge in [-0.1, -0.05) is 60.7 Å². The lowest BCUT2D eigenvalue weighted by molar-refractivity contribution is -0.390. The molecule has 1 N–H and O–H groups in total. The summed E-state index contributed by atoms with van der Waals surface area (Å²) in [5.74, 6) is 0.416. The molecule has 0 bridgehead atoms. The SMILES string of the molecule is CC(C)(C)OC(=O)N1CCC(c2ncc(-c3cnc([N+](=O)[O-])c(OCc4ccccc4)c3)s2)CC1.O=[N+]([O-])c1ncc(-c2cnc(C3CCNCC3)s2)cc1OCc1ccccc1. The van der Waals surface area contributed by atoms with Gasteiger partial charge in [-0.2, -0.15) is 0 Å². The van der Waals surface area contributed by atoms with Crippen molar-refractivity contribution in [3.05, 3.63) is 139 Å². The Morgan fingerprint density at radius 1 is 0.698 bits per heavy atom. The molecule has 8 rings (SSSR count). The molecule has 18 heteroatoms. The maximum absolute atomic E-state index is 12.3. The van der Waals surface area contributed by atoms with E-state index in [0.717, 1.165) is 75.2 Å². The van der Waals surface area contributed by atoms with Gasteiger partial charge < -0.3 is 44.7 Å². The fraction of sp³-hybridized carbons (Fsp3) is 0.356. The third-order valence-corrected chi connectivity index (χ3v) is 12.7. The molecule has 0 saturated carbocycles. The highest BCUT2D eigenvalue weighted by atomic mass is 32.1. The average molecular weight is 893 g/mol. The molecule has 4 aromatic heterocycles. The van der Waals surface area contributed by atoms with Crippen molar-refractivity contribution in [3.8, 4) is 32.4 Å². The Bertz CT molecular complexity index is 2480. The van der Waals surface area contributed by atoms with Crippen molar-refractivity contribution in [2.24, 2.45) is 0 Å². The van der Waals surface area contributed by atoms with Gasteiger partial charge in [0, 0.05) is 60.6 Å². The molecule has 63 heavy (non-hydrogen) atoms. The molecule has 0 spiro atoms. The van der Waals surface area contributed by atoms with Crippen LogP contribution in [0.5, 0.6) is 11.5 Å². The number of nitrogens with zero attached hydrogens (tertiary/aromatic N) is 7. The van der Waals surface area contributed by atoms with Crippen molar-refractivity contribution in [1.29, 1.82) is 0 Å². The normalized spacial score (nSPS) is 14.6. The Balaban J connectivity index is 0.000000193. The third-order valence-electron chi connectivity index (χ3n) is 10.3. The zero-order valence-electron chi connectivity index (χ0n) is 35.2. The first kappa shape index (κ1) is 44.7. The zero-order chi connectivity index (χ0) is 44.3. The van der Waals surface area contributed by atoms with Gasteiger partial charge in [0.1, 0.15) is 31.2 Å². The van der Waals surface area contributed by atoms with E-state index in [1.807, 2.05) is 87.6 Å². The van der Waals surface area contributed by atoms with Crippen molar-refractivity contribution in [2.45, 2.75) is 77.1 Å². The van der Waals surface area contributed by atoms with Gasteiger partial charge in [0.25, 0.3) is 0 Å². The predicted octanol–water partition coefficient (Wildman–Crippen LogP) is 9.97. The molecule has 0 atom stereocenters. The first-order valence-electron chi connectivity index (χ1n) is 20.6. The first-order chi connectivity index (χ1) is 30.4. The summed E-state index contributed by atoms with van der Waals surface area (Å²) in [6.45, 7) is 9.29. The summed E-state index contributed by atoms with van der Waals surface area (Å²) in [6.07, 6.45) is 10.1. The molecule has 6 aromatic rings. The summed E-state index contributed by atoms with van der Waals surface area (Å²) < 4.78 is 17.0. The van der Waals surface area contributed by atoms with E-state index in [9.17, 15) is 25.0 Å². The maximum atomic E-state index is 12.3. The van der Waals surface area contributed by atoms with E-state index in [4.69, 9.17) is 14.2 Å². The molecule has 16 nitrogen and oxygen atoms in total. The summed E-state index contributed by atoms with van der Waals surface area (Å²) in [5.41, 5.74) is 2.83. The molecular formula is C45H48N8O8S2. The van der Waals surface area contributed by atoms with E-state index in [2.05, 4.69) is 25.3 Å². The van der Waals surface area contributed by atoms with Gasteiger partial charge >= 0.3 is 17.7 Å². The van der Waals surface area contributed by atoms with Crippen LogP contribution < -0.4 is 14.8 Å². The van der Waals surface area contributed by atoms with Gasteiger partial charge in [-0.3, -0.25) is 0 Å². The molecule has 6 heterocycles. The Kier molecular flexibility index (Phi) is 14.7. The van der Waals surface area contributed by atoms with Gasteiger partial charge in [-0.05, 0) is 90.5 Å². The summed E-state index contributed by atoms with van der Waals surface area (Å²) in [6, 6.07) is 22.4. The summed E-state index contributed by atoms with van der Waals surface area (Å²) in [7, 11) is 0. The number of rotatable bonds is 12. The van der Waals surface area contributed by atoms with Crippen molar-refractivity contribution < 1.29 is 28.9 Å². The van der Waals surface area contributed by atoms with Gasteiger partial charge in [-0.25, -0.2) is 14.8 Å². The number of pyridine rings is 2. The first-order valence-corrected chi connectivity index (χ1v) is 22.3. The fourth-order valence-electron chi connectivity index (χ4n) is 7.03. The molecule has 0 radical (unpaired) electrons. The molecule has 0 aliphatic carbocycles. The number of nitro groups is 2. The zero-order valence-corrected chi connectivity index (χ0v) is 36.8. The highest BCUT2D eigenvalue weighted by Crippen LogP contribution is 2.39. The lowest BCUT2D eigenvalue weighted by Crippen LogP contribution is -2.41. The van der Waals surface area contributed by atoms with Gasteiger partial charge in [-0.15, -0.1) is 22.7 Å². The van der Waals surface area contributed by atoms with E-state index in [0.29, 0.717) is 24.6 Å². The number of carbonyl (C=O) groups is 1. The van der Waals surface area contributed by atoms with Crippen LogP contribution in [0.15, 0.2) is 97.6 Å². The lowest BCUT2D eigenvalue weighted by Gasteiger charge is -2.32. The topological polar surface area (TPSA) is 198 Å². The predicted molar refractivity (Wildman–Crippen MR) is 240 cm³/mol. The number of hydrogen-bond acceptors (Lipinski definition) is 15. The van der Waals surface area contributed by atoms with E-state index < -0.39 is 15.4 Å². The largest absolute Gasteiger partial charge is 0.481 e. The van der Waals surface area contributed by atoms with Crippen LogP contribution in [0, 0.1) is 20.2 Å². The van der Waals surface area contributed by atoms with E-state index >= 15 is 0 Å². The Hall–Kier alpha value is -6.37. The minimum atomic E-state index is -0.541. The Labute approximate surface area is 372 Å². The number of thiazole rings is 2. The second-order valence-electron chi connectivity index (χ2n) is 16.0. The number of carbonyl (C=O) groups excluding carboxylic acids is 1. The second kappa shape index (κ2) is 20.7. The number of hydrogen-bond donors (Lipinski definition) is 1. The maximum Gasteiger partial charge on any atom is 0.410 e. The molecule has 0 unspecified atom stereocenters. The highest BCUT2D eigenvalue weighted by molar-refractivity contribution is 7.15. The minimum Gasteiger partial charge on any atom is -0.481 e. The van der Waals surface area contributed by atoms with E-state index in [1.165, 1.54) is 23.7 Å². The number of benzene rings is 2. The lowest BCUT2D eigenvalue weighted by atomic mass is 9.98. The van der Waals surface area contributed by atoms with Gasteiger partial charge in [0.05, 0.1) is 19.8 Å². The summed E-state index contributed by atoms with van der Waals surface area (Å²) in [5, 5.41) is 28.3. The molecule has 2 fully saturated rings. The van der Waals surface area contributed by atoms with Crippen molar-refractivity contribution >= 4 is 40.4 Å². The molecule has 2 aromatic carbocycles. The van der Waals surface area contributed by atoms with Crippen LogP contribution in [-0.2, 0) is 18.0 Å². The standard InChI is InChI=1S/C25H28N4O5S.C20H20N4O3S/c1-25(2,3)34-24(30)28-11-9-18(10-12-28)23-27-15-21(35-23)19-13-20(22(26-14-19)29(31)32)33-16-17-7-5-4-6-8-17;25-24(26)19-17(27-13-14-4-2-1-3-5-14)10-16(11-22-19)18-12-23-20(28-18)15-6-8-21-9-7-15/h4-8,13-15,18H,9-12,16H2,1-3H3;1-5,10-12,15,21H,6-9,13H2. The molecule has 1 amide bonds. The number of amides is 1. The highest BCUT2D eigenvalue weighted by Gasteiger charge is 2.30. The Morgan fingerprint density at radius 2 is 1.14 bits per heavy atom. The Morgan fingerprint density at radius 3 is 1.57 bits per heavy atom. The third kappa shape index (κ3) is 12.2. The minimum absolute atomic E-state index is 0.122. The molecule has 328 valence electrons.